The highest BCUT2D eigenvalue weighted by Gasteiger charge is 2.16. The highest BCUT2D eigenvalue weighted by molar-refractivity contribution is 5.95. The topological polar surface area (TPSA) is 79.9 Å². The van der Waals surface area contributed by atoms with Crippen LogP contribution in [-0.4, -0.2) is 43.6 Å². The Bertz CT molecular complexity index is 888. The van der Waals surface area contributed by atoms with Crippen molar-refractivity contribution in [2.75, 3.05) is 37.6 Å². The molecule has 0 aliphatic carbocycles. The van der Waals surface area contributed by atoms with E-state index < -0.39 is 0 Å². The van der Waals surface area contributed by atoms with Gasteiger partial charge in [-0.2, -0.15) is 0 Å². The number of ether oxygens (including phenoxy) is 2. The molecule has 1 aliphatic heterocycles. The van der Waals surface area contributed by atoms with E-state index in [0.717, 1.165) is 22.4 Å². The van der Waals surface area contributed by atoms with E-state index in [4.69, 9.17) is 9.47 Å². The number of nitrogens with zero attached hydrogens (tertiary/aromatic N) is 1. The third kappa shape index (κ3) is 4.80. The van der Waals surface area contributed by atoms with Gasteiger partial charge in [0.15, 0.2) is 11.5 Å². The van der Waals surface area contributed by atoms with Crippen molar-refractivity contribution < 1.29 is 19.1 Å². The number of nitrogens with one attached hydrogen (secondary N) is 2. The quantitative estimate of drug-likeness (QED) is 0.802. The van der Waals surface area contributed by atoms with Crippen molar-refractivity contribution in [3.05, 3.63) is 47.0 Å². The Hall–Kier alpha value is -3.06. The largest absolute Gasteiger partial charge is 0.454 e. The predicted octanol–water partition coefficient (Wildman–Crippen LogP) is 2.85. The number of rotatable bonds is 6. The van der Waals surface area contributed by atoms with Gasteiger partial charge in [0.1, 0.15) is 0 Å². The number of anilines is 2. The lowest BCUT2D eigenvalue weighted by molar-refractivity contribution is -0.119. The van der Waals surface area contributed by atoms with Gasteiger partial charge in [-0.3, -0.25) is 14.5 Å². The zero-order chi connectivity index (χ0) is 20.3. The second-order valence-corrected chi connectivity index (χ2v) is 7.11. The van der Waals surface area contributed by atoms with Crippen molar-refractivity contribution in [1.82, 2.24) is 4.90 Å². The Labute approximate surface area is 164 Å². The molecule has 0 atom stereocenters. The van der Waals surface area contributed by atoms with Gasteiger partial charge in [-0.05, 0) is 51.1 Å². The van der Waals surface area contributed by atoms with Crippen LogP contribution in [0.25, 0.3) is 0 Å². The van der Waals surface area contributed by atoms with Gasteiger partial charge in [0.2, 0.25) is 18.6 Å². The van der Waals surface area contributed by atoms with Gasteiger partial charge < -0.3 is 20.1 Å². The predicted molar refractivity (Wildman–Crippen MR) is 108 cm³/mol. The normalized spacial score (nSPS) is 12.2. The standard InChI is InChI=1S/C21H25N3O4/c1-13-7-14(2)21(15(3)8-13)23-20(26)11-24(4)10-19(25)22-16-5-6-17-18(9-16)28-12-27-17/h5-9H,10-12H2,1-4H3,(H,22,25)(H,23,26). The molecule has 0 unspecified atom stereocenters. The molecule has 0 saturated heterocycles. The maximum absolute atomic E-state index is 12.4. The lowest BCUT2D eigenvalue weighted by atomic mass is 10.1. The van der Waals surface area contributed by atoms with Crippen LogP contribution in [0.15, 0.2) is 30.3 Å². The van der Waals surface area contributed by atoms with Crippen molar-refractivity contribution >= 4 is 23.2 Å². The summed E-state index contributed by atoms with van der Waals surface area (Å²) in [5, 5.41) is 5.75. The van der Waals surface area contributed by atoms with Crippen LogP contribution < -0.4 is 20.1 Å². The molecule has 7 heteroatoms. The Balaban J connectivity index is 1.51. The van der Waals surface area contributed by atoms with E-state index in [1.54, 1.807) is 30.1 Å². The first kappa shape index (κ1) is 19.7. The fourth-order valence-electron chi connectivity index (χ4n) is 3.28. The Kier molecular flexibility index (Phi) is 5.84. The first-order valence-corrected chi connectivity index (χ1v) is 9.07. The molecule has 148 valence electrons. The number of hydrogen-bond donors (Lipinski definition) is 2. The van der Waals surface area contributed by atoms with Crippen molar-refractivity contribution in [2.24, 2.45) is 0 Å². The molecule has 0 radical (unpaired) electrons. The molecule has 0 bridgehead atoms. The zero-order valence-corrected chi connectivity index (χ0v) is 16.6. The molecule has 2 aromatic rings. The molecular formula is C21H25N3O4. The van der Waals surface area contributed by atoms with E-state index in [2.05, 4.69) is 10.6 Å². The van der Waals surface area contributed by atoms with Crippen LogP contribution in [0.1, 0.15) is 16.7 Å². The zero-order valence-electron chi connectivity index (χ0n) is 16.6. The van der Waals surface area contributed by atoms with Gasteiger partial charge in [-0.1, -0.05) is 17.7 Å². The fraction of sp³-hybridized carbons (Fsp3) is 0.333. The molecule has 28 heavy (non-hydrogen) atoms. The summed E-state index contributed by atoms with van der Waals surface area (Å²) in [6.07, 6.45) is 0. The number of fused-ring (bicyclic) bond motifs is 1. The number of amides is 2. The summed E-state index contributed by atoms with van der Waals surface area (Å²) in [5.41, 5.74) is 4.65. The minimum Gasteiger partial charge on any atom is -0.454 e. The average Bonchev–Trinajstić information content (AvgIpc) is 3.05. The summed E-state index contributed by atoms with van der Waals surface area (Å²) < 4.78 is 10.6. The lowest BCUT2D eigenvalue weighted by Gasteiger charge is -2.18. The van der Waals surface area contributed by atoms with E-state index >= 15 is 0 Å². The molecule has 3 rings (SSSR count). The van der Waals surface area contributed by atoms with E-state index in [-0.39, 0.29) is 31.7 Å². The molecule has 7 nitrogen and oxygen atoms in total. The summed E-state index contributed by atoms with van der Waals surface area (Å²) in [5.74, 6) is 0.896. The van der Waals surface area contributed by atoms with Crippen LogP contribution in [0.3, 0.4) is 0 Å². The molecule has 1 heterocycles. The third-order valence-electron chi connectivity index (χ3n) is 4.42. The minimum absolute atomic E-state index is 0.0910. The first-order chi connectivity index (χ1) is 13.3. The summed E-state index contributed by atoms with van der Waals surface area (Å²) in [4.78, 5) is 26.3. The van der Waals surface area contributed by atoms with Crippen molar-refractivity contribution in [1.29, 1.82) is 0 Å². The lowest BCUT2D eigenvalue weighted by Crippen LogP contribution is -2.36. The van der Waals surface area contributed by atoms with Gasteiger partial charge in [-0.15, -0.1) is 0 Å². The second-order valence-electron chi connectivity index (χ2n) is 7.11. The van der Waals surface area contributed by atoms with Crippen LogP contribution in [0.4, 0.5) is 11.4 Å². The van der Waals surface area contributed by atoms with Gasteiger partial charge in [0.25, 0.3) is 0 Å². The van der Waals surface area contributed by atoms with E-state index in [1.165, 1.54) is 0 Å². The maximum Gasteiger partial charge on any atom is 0.238 e. The second kappa shape index (κ2) is 8.31. The molecule has 0 fully saturated rings. The Morgan fingerprint density at radius 1 is 0.929 bits per heavy atom. The van der Waals surface area contributed by atoms with E-state index in [9.17, 15) is 9.59 Å². The van der Waals surface area contributed by atoms with Crippen LogP contribution >= 0.6 is 0 Å². The van der Waals surface area contributed by atoms with Crippen LogP contribution in [0, 0.1) is 20.8 Å². The highest BCUT2D eigenvalue weighted by atomic mass is 16.7. The van der Waals surface area contributed by atoms with Gasteiger partial charge in [-0.25, -0.2) is 0 Å². The van der Waals surface area contributed by atoms with E-state index in [0.29, 0.717) is 17.2 Å². The van der Waals surface area contributed by atoms with Gasteiger partial charge >= 0.3 is 0 Å². The number of hydrogen-bond acceptors (Lipinski definition) is 5. The summed E-state index contributed by atoms with van der Waals surface area (Å²) in [6.45, 7) is 6.36. The summed E-state index contributed by atoms with van der Waals surface area (Å²) >= 11 is 0. The molecule has 0 saturated carbocycles. The van der Waals surface area contributed by atoms with Crippen LogP contribution in [-0.2, 0) is 9.59 Å². The number of likely N-dealkylation sites (N-methyl/N-ethyl adjacent to an activating group) is 1. The molecule has 2 aromatic carbocycles. The smallest absolute Gasteiger partial charge is 0.238 e. The average molecular weight is 383 g/mol. The summed E-state index contributed by atoms with van der Waals surface area (Å²) in [6, 6.07) is 9.29. The molecular weight excluding hydrogens is 358 g/mol. The molecule has 1 aliphatic rings. The monoisotopic (exact) mass is 383 g/mol. The van der Waals surface area contributed by atoms with E-state index in [1.807, 2.05) is 32.9 Å². The summed E-state index contributed by atoms with van der Waals surface area (Å²) in [7, 11) is 1.73. The fourth-order valence-corrected chi connectivity index (χ4v) is 3.28. The molecule has 2 amide bonds. The number of benzene rings is 2. The van der Waals surface area contributed by atoms with Gasteiger partial charge in [0.05, 0.1) is 13.1 Å². The molecule has 0 spiro atoms. The SMILES string of the molecule is Cc1cc(C)c(NC(=O)CN(C)CC(=O)Nc2ccc3c(c2)OCO3)c(C)c1. The van der Waals surface area contributed by atoms with Crippen molar-refractivity contribution in [3.8, 4) is 11.5 Å². The van der Waals surface area contributed by atoms with Crippen LogP contribution in [0.5, 0.6) is 11.5 Å². The molecule has 2 N–H and O–H groups in total. The number of carbonyl (C=O) groups excluding carboxylic acids is 2. The first-order valence-electron chi connectivity index (χ1n) is 9.07. The number of carbonyl (C=O) groups is 2. The Morgan fingerprint density at radius 3 is 2.21 bits per heavy atom. The highest BCUT2D eigenvalue weighted by Crippen LogP contribution is 2.34. The Morgan fingerprint density at radius 2 is 1.54 bits per heavy atom. The molecule has 0 aromatic heterocycles. The van der Waals surface area contributed by atoms with Crippen molar-refractivity contribution in [2.45, 2.75) is 20.8 Å². The van der Waals surface area contributed by atoms with Crippen molar-refractivity contribution in [3.63, 3.8) is 0 Å². The maximum atomic E-state index is 12.4. The third-order valence-corrected chi connectivity index (χ3v) is 4.42. The number of aryl methyl sites for hydroxylation is 3. The minimum atomic E-state index is -0.211. The van der Waals surface area contributed by atoms with Crippen LogP contribution in [0.2, 0.25) is 0 Å². The van der Waals surface area contributed by atoms with Gasteiger partial charge in [0, 0.05) is 17.4 Å².